The number of aromatic nitrogens is 2. The van der Waals surface area contributed by atoms with Gasteiger partial charge in [0.2, 0.25) is 0 Å². The van der Waals surface area contributed by atoms with Gasteiger partial charge in [-0.1, -0.05) is 43.7 Å². The second-order valence-electron chi connectivity index (χ2n) is 5.73. The van der Waals surface area contributed by atoms with Gasteiger partial charge in [-0.05, 0) is 18.4 Å². The number of nitrogens with one attached hydrogen (secondary N) is 2. The third-order valence-corrected chi connectivity index (χ3v) is 3.13. The van der Waals surface area contributed by atoms with E-state index in [-0.39, 0.29) is 5.91 Å². The van der Waals surface area contributed by atoms with Crippen molar-refractivity contribution in [3.05, 3.63) is 53.5 Å². The lowest BCUT2D eigenvalue weighted by molar-refractivity contribution is 0.0944. The molecule has 1 heterocycles. The summed E-state index contributed by atoms with van der Waals surface area (Å²) in [4.78, 5) is 20.2. The van der Waals surface area contributed by atoms with Crippen molar-refractivity contribution in [1.29, 1.82) is 0 Å². The van der Waals surface area contributed by atoms with Gasteiger partial charge in [0.1, 0.15) is 17.8 Å². The molecule has 1 aromatic carbocycles. The second-order valence-corrected chi connectivity index (χ2v) is 5.73. The Morgan fingerprint density at radius 3 is 2.77 bits per heavy atom. The van der Waals surface area contributed by atoms with E-state index < -0.39 is 0 Å². The van der Waals surface area contributed by atoms with Crippen LogP contribution in [0.3, 0.4) is 0 Å². The second kappa shape index (κ2) is 7.54. The summed E-state index contributed by atoms with van der Waals surface area (Å²) in [5.41, 5.74) is 2.77. The molecule has 0 aliphatic rings. The van der Waals surface area contributed by atoms with Crippen molar-refractivity contribution in [3.63, 3.8) is 0 Å². The van der Waals surface area contributed by atoms with E-state index in [1.54, 1.807) is 6.07 Å². The fourth-order valence-electron chi connectivity index (χ4n) is 1.98. The largest absolute Gasteiger partial charge is 0.366 e. The van der Waals surface area contributed by atoms with Crippen molar-refractivity contribution >= 4 is 11.7 Å². The Bertz CT molecular complexity index is 640. The lowest BCUT2D eigenvalue weighted by Gasteiger charge is -2.09. The van der Waals surface area contributed by atoms with Gasteiger partial charge in [0.25, 0.3) is 5.91 Å². The molecule has 1 amide bonds. The van der Waals surface area contributed by atoms with Crippen LogP contribution in [0.2, 0.25) is 0 Å². The fraction of sp³-hybridized carbons (Fsp3) is 0.353. The minimum absolute atomic E-state index is 0.172. The van der Waals surface area contributed by atoms with Gasteiger partial charge in [0.05, 0.1) is 0 Å². The van der Waals surface area contributed by atoms with Gasteiger partial charge in [-0.3, -0.25) is 4.79 Å². The zero-order valence-corrected chi connectivity index (χ0v) is 13.3. The molecule has 5 nitrogen and oxygen atoms in total. The van der Waals surface area contributed by atoms with E-state index in [1.807, 2.05) is 6.07 Å². The van der Waals surface area contributed by atoms with Crippen LogP contribution in [-0.2, 0) is 6.54 Å². The first-order chi connectivity index (χ1) is 10.5. The molecule has 2 N–H and O–H groups in total. The molecule has 116 valence electrons. The Balaban J connectivity index is 1.97. The SMILES string of the molecule is Cc1cccc(CNc2cc(C(=O)NCC(C)C)ncn2)c1. The van der Waals surface area contributed by atoms with E-state index in [1.165, 1.54) is 17.5 Å². The summed E-state index contributed by atoms with van der Waals surface area (Å²) in [6.07, 6.45) is 1.41. The van der Waals surface area contributed by atoms with Crippen molar-refractivity contribution in [3.8, 4) is 0 Å². The van der Waals surface area contributed by atoms with Crippen molar-refractivity contribution in [2.75, 3.05) is 11.9 Å². The average molecular weight is 298 g/mol. The van der Waals surface area contributed by atoms with Crippen molar-refractivity contribution < 1.29 is 4.79 Å². The smallest absolute Gasteiger partial charge is 0.270 e. The number of hydrogen-bond donors (Lipinski definition) is 2. The summed E-state index contributed by atoms with van der Waals surface area (Å²) in [6, 6.07) is 9.93. The number of carbonyl (C=O) groups is 1. The minimum atomic E-state index is -0.172. The van der Waals surface area contributed by atoms with Crippen molar-refractivity contribution in [2.24, 2.45) is 5.92 Å². The first-order valence-corrected chi connectivity index (χ1v) is 7.44. The number of hydrogen-bond acceptors (Lipinski definition) is 4. The molecule has 0 saturated carbocycles. The third kappa shape index (κ3) is 4.84. The molecule has 0 radical (unpaired) electrons. The number of amides is 1. The molecular formula is C17H22N4O. The summed E-state index contributed by atoms with van der Waals surface area (Å²) >= 11 is 0. The average Bonchev–Trinajstić information content (AvgIpc) is 2.51. The Kier molecular flexibility index (Phi) is 5.47. The standard InChI is InChI=1S/C17H22N4O/c1-12(2)9-19-17(22)15-8-16(21-11-20-15)18-10-14-6-4-5-13(3)7-14/h4-8,11-12H,9-10H2,1-3H3,(H,19,22)(H,18,20,21). The summed E-state index contributed by atoms with van der Waals surface area (Å²) in [5.74, 6) is 0.880. The predicted octanol–water partition coefficient (Wildman–Crippen LogP) is 2.78. The molecule has 0 aliphatic carbocycles. The highest BCUT2D eigenvalue weighted by Gasteiger charge is 2.08. The van der Waals surface area contributed by atoms with E-state index in [2.05, 4.69) is 59.6 Å². The van der Waals surface area contributed by atoms with Gasteiger partial charge in [-0.15, -0.1) is 0 Å². The Hall–Kier alpha value is -2.43. The zero-order chi connectivity index (χ0) is 15.9. The fourth-order valence-corrected chi connectivity index (χ4v) is 1.98. The maximum atomic E-state index is 12.0. The zero-order valence-electron chi connectivity index (χ0n) is 13.3. The molecule has 0 atom stereocenters. The molecule has 1 aromatic heterocycles. The van der Waals surface area contributed by atoms with Gasteiger partial charge >= 0.3 is 0 Å². The van der Waals surface area contributed by atoms with Crippen LogP contribution in [0.4, 0.5) is 5.82 Å². The number of benzene rings is 1. The molecule has 5 heteroatoms. The van der Waals surface area contributed by atoms with Crippen LogP contribution in [-0.4, -0.2) is 22.4 Å². The first kappa shape index (κ1) is 15.9. The summed E-state index contributed by atoms with van der Waals surface area (Å²) in [5, 5.41) is 6.07. The van der Waals surface area contributed by atoms with Crippen LogP contribution >= 0.6 is 0 Å². The summed E-state index contributed by atoms with van der Waals surface area (Å²) in [6.45, 7) is 7.45. The van der Waals surface area contributed by atoms with Gasteiger partial charge in [-0.25, -0.2) is 9.97 Å². The maximum absolute atomic E-state index is 12.0. The minimum Gasteiger partial charge on any atom is -0.366 e. The molecule has 0 saturated heterocycles. The maximum Gasteiger partial charge on any atom is 0.270 e. The lowest BCUT2D eigenvalue weighted by atomic mass is 10.1. The number of aryl methyl sites for hydroxylation is 1. The molecule has 0 bridgehead atoms. The number of nitrogens with zero attached hydrogens (tertiary/aromatic N) is 2. The highest BCUT2D eigenvalue weighted by Crippen LogP contribution is 2.09. The highest BCUT2D eigenvalue weighted by atomic mass is 16.1. The van der Waals surface area contributed by atoms with Gasteiger partial charge in [0, 0.05) is 19.2 Å². The summed E-state index contributed by atoms with van der Waals surface area (Å²) in [7, 11) is 0. The Morgan fingerprint density at radius 1 is 1.23 bits per heavy atom. The van der Waals surface area contributed by atoms with E-state index >= 15 is 0 Å². The molecule has 0 aliphatic heterocycles. The van der Waals surface area contributed by atoms with Crippen LogP contribution in [0, 0.1) is 12.8 Å². The van der Waals surface area contributed by atoms with Crippen LogP contribution in [0.15, 0.2) is 36.7 Å². The van der Waals surface area contributed by atoms with Gasteiger partial charge in [0.15, 0.2) is 0 Å². The van der Waals surface area contributed by atoms with Crippen LogP contribution in [0.25, 0.3) is 0 Å². The molecule has 22 heavy (non-hydrogen) atoms. The monoisotopic (exact) mass is 298 g/mol. The normalized spacial score (nSPS) is 10.5. The Morgan fingerprint density at radius 2 is 2.05 bits per heavy atom. The first-order valence-electron chi connectivity index (χ1n) is 7.44. The topological polar surface area (TPSA) is 66.9 Å². The Labute approximate surface area is 131 Å². The molecule has 0 unspecified atom stereocenters. The predicted molar refractivity (Wildman–Crippen MR) is 87.7 cm³/mol. The summed E-state index contributed by atoms with van der Waals surface area (Å²) < 4.78 is 0. The highest BCUT2D eigenvalue weighted by molar-refractivity contribution is 5.92. The van der Waals surface area contributed by atoms with Gasteiger partial charge < -0.3 is 10.6 Å². The van der Waals surface area contributed by atoms with Crippen LogP contribution in [0.5, 0.6) is 0 Å². The third-order valence-electron chi connectivity index (χ3n) is 3.13. The van der Waals surface area contributed by atoms with E-state index in [4.69, 9.17) is 0 Å². The molecule has 0 fully saturated rings. The van der Waals surface area contributed by atoms with Crippen molar-refractivity contribution in [2.45, 2.75) is 27.3 Å². The molecule has 2 aromatic rings. The van der Waals surface area contributed by atoms with E-state index in [9.17, 15) is 4.79 Å². The molecule has 2 rings (SSSR count). The lowest BCUT2D eigenvalue weighted by Crippen LogP contribution is -2.28. The van der Waals surface area contributed by atoms with Crippen LogP contribution in [0.1, 0.15) is 35.5 Å². The van der Waals surface area contributed by atoms with Crippen molar-refractivity contribution in [1.82, 2.24) is 15.3 Å². The van der Waals surface area contributed by atoms with E-state index in [0.29, 0.717) is 30.5 Å². The molecule has 0 spiro atoms. The quantitative estimate of drug-likeness (QED) is 0.860. The van der Waals surface area contributed by atoms with E-state index in [0.717, 1.165) is 0 Å². The molecular weight excluding hydrogens is 276 g/mol. The number of anilines is 1. The number of carbonyl (C=O) groups excluding carboxylic acids is 1. The number of rotatable bonds is 6. The van der Waals surface area contributed by atoms with Gasteiger partial charge in [-0.2, -0.15) is 0 Å². The van der Waals surface area contributed by atoms with Crippen LogP contribution < -0.4 is 10.6 Å².